The van der Waals surface area contributed by atoms with E-state index in [4.69, 9.17) is 4.84 Å². The van der Waals surface area contributed by atoms with Crippen molar-refractivity contribution in [3.05, 3.63) is 48.0 Å². The molecule has 0 radical (unpaired) electrons. The maximum atomic E-state index is 12.8. The number of benzene rings is 2. The number of nitrogens with one attached hydrogen (secondary N) is 1. The highest BCUT2D eigenvalue weighted by Crippen LogP contribution is 2.20. The smallest absolute Gasteiger partial charge is 0.265 e. The van der Waals surface area contributed by atoms with E-state index in [0.717, 1.165) is 11.3 Å². The van der Waals surface area contributed by atoms with Crippen LogP contribution >= 0.6 is 0 Å². The van der Waals surface area contributed by atoms with E-state index in [1.807, 2.05) is 24.3 Å². The van der Waals surface area contributed by atoms with Gasteiger partial charge >= 0.3 is 0 Å². The van der Waals surface area contributed by atoms with E-state index < -0.39 is 10.0 Å². The molecule has 9 nitrogen and oxygen atoms in total. The number of aryl methyl sites for hydroxylation is 1. The summed E-state index contributed by atoms with van der Waals surface area (Å²) in [5.74, 6) is -0.366. The Morgan fingerprint density at radius 1 is 1.10 bits per heavy atom. The lowest BCUT2D eigenvalue weighted by molar-refractivity contribution is -0.121. The predicted octanol–water partition coefficient (Wildman–Crippen LogP) is 2.09. The third-order valence-electron chi connectivity index (χ3n) is 4.69. The van der Waals surface area contributed by atoms with Crippen molar-refractivity contribution in [1.29, 1.82) is 0 Å². The fraction of sp³-hybridized carbons (Fsp3) is 0.350. The lowest BCUT2D eigenvalue weighted by Gasteiger charge is -2.18. The topological polar surface area (TPSA) is 106 Å². The minimum atomic E-state index is -3.64. The molecule has 0 aliphatic heterocycles. The van der Waals surface area contributed by atoms with Gasteiger partial charge in [0, 0.05) is 18.8 Å². The first-order valence-electron chi connectivity index (χ1n) is 9.76. The molecule has 30 heavy (non-hydrogen) atoms. The number of amides is 1. The zero-order valence-electron chi connectivity index (χ0n) is 17.2. The van der Waals surface area contributed by atoms with Crippen LogP contribution in [-0.2, 0) is 21.2 Å². The molecule has 0 atom stereocenters. The molecule has 1 heterocycles. The van der Waals surface area contributed by atoms with Crippen LogP contribution in [0.15, 0.2) is 47.4 Å². The van der Waals surface area contributed by atoms with Gasteiger partial charge in [0.05, 0.1) is 4.90 Å². The van der Waals surface area contributed by atoms with Gasteiger partial charge in [0.25, 0.3) is 5.91 Å². The van der Waals surface area contributed by atoms with Crippen LogP contribution in [-0.4, -0.2) is 53.5 Å². The molecule has 10 heteroatoms. The van der Waals surface area contributed by atoms with E-state index in [1.165, 1.54) is 22.0 Å². The Balaban J connectivity index is 1.74. The van der Waals surface area contributed by atoms with Crippen LogP contribution in [0.3, 0.4) is 0 Å². The number of carbonyl (C=O) groups is 1. The highest BCUT2D eigenvalue weighted by atomic mass is 32.2. The molecule has 160 valence electrons. The Morgan fingerprint density at radius 3 is 2.43 bits per heavy atom. The number of aromatic nitrogens is 3. The fourth-order valence-electron chi connectivity index (χ4n) is 2.99. The maximum Gasteiger partial charge on any atom is 0.265 e. The summed E-state index contributed by atoms with van der Waals surface area (Å²) in [4.78, 5) is 18.8. The van der Waals surface area contributed by atoms with Crippen LogP contribution < -0.4 is 10.2 Å². The van der Waals surface area contributed by atoms with Gasteiger partial charge in [-0.05, 0) is 47.5 Å². The molecule has 0 bridgehead atoms. The molecule has 0 spiro atoms. The van der Waals surface area contributed by atoms with E-state index in [0.29, 0.717) is 29.8 Å². The minimum absolute atomic E-state index is 0.117. The molecular weight excluding hydrogens is 406 g/mol. The van der Waals surface area contributed by atoms with E-state index in [1.54, 1.807) is 19.9 Å². The third kappa shape index (κ3) is 4.60. The Bertz CT molecular complexity index is 1120. The van der Waals surface area contributed by atoms with Crippen molar-refractivity contribution in [3.8, 4) is 0 Å². The second kappa shape index (κ2) is 9.23. The summed E-state index contributed by atoms with van der Waals surface area (Å²) in [6.07, 6.45) is 0.919. The van der Waals surface area contributed by atoms with Crippen LogP contribution in [0.25, 0.3) is 11.0 Å². The SMILES string of the molecule is CCc1ccc(NC(=O)COn2nnc3ccc(S(=O)(=O)N(CC)CC)cc32)cc1. The lowest BCUT2D eigenvalue weighted by atomic mass is 10.1. The second-order valence-electron chi connectivity index (χ2n) is 6.57. The molecular formula is C20H25N5O4S. The monoisotopic (exact) mass is 431 g/mol. The van der Waals surface area contributed by atoms with Gasteiger partial charge in [-0.15, -0.1) is 5.10 Å². The van der Waals surface area contributed by atoms with Crippen LogP contribution in [0, 0.1) is 0 Å². The summed E-state index contributed by atoms with van der Waals surface area (Å²) in [6.45, 7) is 6.05. The van der Waals surface area contributed by atoms with Crippen molar-refractivity contribution in [2.45, 2.75) is 32.1 Å². The molecule has 0 aliphatic rings. The minimum Gasteiger partial charge on any atom is -0.385 e. The van der Waals surface area contributed by atoms with Gasteiger partial charge in [0.2, 0.25) is 10.0 Å². The molecule has 1 amide bonds. The zero-order valence-corrected chi connectivity index (χ0v) is 18.0. The van der Waals surface area contributed by atoms with Gasteiger partial charge in [-0.25, -0.2) is 8.42 Å². The van der Waals surface area contributed by atoms with Crippen molar-refractivity contribution in [1.82, 2.24) is 19.5 Å². The van der Waals surface area contributed by atoms with Gasteiger partial charge in [0.1, 0.15) is 11.0 Å². The summed E-state index contributed by atoms with van der Waals surface area (Å²) in [5.41, 5.74) is 2.66. The Hall–Kier alpha value is -2.98. The van der Waals surface area contributed by atoms with Crippen LogP contribution in [0.2, 0.25) is 0 Å². The summed E-state index contributed by atoms with van der Waals surface area (Å²) < 4.78 is 26.9. The first kappa shape index (κ1) is 21.7. The largest absolute Gasteiger partial charge is 0.385 e. The zero-order chi connectivity index (χ0) is 21.7. The molecule has 2 aromatic carbocycles. The van der Waals surface area contributed by atoms with Crippen LogP contribution in [0.1, 0.15) is 26.3 Å². The number of carbonyl (C=O) groups excluding carboxylic acids is 1. The van der Waals surface area contributed by atoms with Gasteiger partial charge in [0.15, 0.2) is 6.61 Å². The van der Waals surface area contributed by atoms with Crippen molar-refractivity contribution < 1.29 is 18.0 Å². The van der Waals surface area contributed by atoms with E-state index in [-0.39, 0.29) is 17.4 Å². The van der Waals surface area contributed by atoms with Crippen LogP contribution in [0.5, 0.6) is 0 Å². The Labute approximate surface area is 175 Å². The number of fused-ring (bicyclic) bond motifs is 1. The molecule has 1 N–H and O–H groups in total. The maximum absolute atomic E-state index is 12.8. The standard InChI is InChI=1S/C20H25N5O4S/c1-4-15-7-9-16(10-8-15)21-20(26)14-29-25-19-13-17(11-12-18(19)22-23-25)30(27,28)24(5-2)6-3/h7-13H,4-6,14H2,1-3H3,(H,21,26). The van der Waals surface area contributed by atoms with Crippen molar-refractivity contribution in [3.63, 3.8) is 0 Å². The number of nitrogens with zero attached hydrogens (tertiary/aromatic N) is 4. The van der Waals surface area contributed by atoms with Crippen molar-refractivity contribution in [2.75, 3.05) is 25.0 Å². The van der Waals surface area contributed by atoms with Gasteiger partial charge in [-0.3, -0.25) is 4.79 Å². The first-order chi connectivity index (χ1) is 14.4. The highest BCUT2D eigenvalue weighted by Gasteiger charge is 2.23. The summed E-state index contributed by atoms with van der Waals surface area (Å²) >= 11 is 0. The van der Waals surface area contributed by atoms with Gasteiger partial charge < -0.3 is 10.2 Å². The predicted molar refractivity (Wildman–Crippen MR) is 114 cm³/mol. The summed E-state index contributed by atoms with van der Waals surface area (Å²) in [6, 6.07) is 12.0. The van der Waals surface area contributed by atoms with Gasteiger partial charge in [-0.2, -0.15) is 4.31 Å². The first-order valence-corrected chi connectivity index (χ1v) is 11.2. The Kier molecular flexibility index (Phi) is 6.68. The molecule has 1 aromatic heterocycles. The van der Waals surface area contributed by atoms with E-state index in [9.17, 15) is 13.2 Å². The van der Waals surface area contributed by atoms with Crippen LogP contribution in [0.4, 0.5) is 5.69 Å². The highest BCUT2D eigenvalue weighted by molar-refractivity contribution is 7.89. The molecule has 0 saturated carbocycles. The van der Waals surface area contributed by atoms with E-state index >= 15 is 0 Å². The average molecular weight is 432 g/mol. The molecule has 0 unspecified atom stereocenters. The fourth-order valence-corrected chi connectivity index (χ4v) is 4.47. The third-order valence-corrected chi connectivity index (χ3v) is 6.74. The average Bonchev–Trinajstić information content (AvgIpc) is 3.16. The molecule has 3 rings (SSSR count). The second-order valence-corrected chi connectivity index (χ2v) is 8.51. The normalized spacial score (nSPS) is 11.7. The number of anilines is 1. The molecule has 0 fully saturated rings. The van der Waals surface area contributed by atoms with E-state index in [2.05, 4.69) is 22.6 Å². The van der Waals surface area contributed by atoms with Gasteiger partial charge in [-0.1, -0.05) is 37.7 Å². The van der Waals surface area contributed by atoms with Crippen molar-refractivity contribution >= 4 is 32.7 Å². The number of hydrogen-bond acceptors (Lipinski definition) is 6. The summed E-state index contributed by atoms with van der Waals surface area (Å²) in [7, 11) is -3.64. The lowest BCUT2D eigenvalue weighted by Crippen LogP contribution is -2.30. The number of rotatable bonds is 9. The summed E-state index contributed by atoms with van der Waals surface area (Å²) in [5, 5.41) is 10.6. The quantitative estimate of drug-likeness (QED) is 0.556. The molecule has 0 aliphatic carbocycles. The Morgan fingerprint density at radius 2 is 1.80 bits per heavy atom. The molecule has 3 aromatic rings. The van der Waals surface area contributed by atoms with Crippen molar-refractivity contribution in [2.24, 2.45) is 0 Å². The number of hydrogen-bond donors (Lipinski definition) is 1. The number of sulfonamides is 1. The molecule has 0 saturated heterocycles.